The lowest BCUT2D eigenvalue weighted by molar-refractivity contribution is -0.726. The van der Waals surface area contributed by atoms with E-state index in [0.717, 1.165) is 30.2 Å². The average molecular weight is 446 g/mol. The predicted molar refractivity (Wildman–Crippen MR) is 123 cm³/mol. The van der Waals surface area contributed by atoms with Crippen molar-refractivity contribution in [3.8, 4) is 11.8 Å². The van der Waals surface area contributed by atoms with Crippen LogP contribution in [-0.4, -0.2) is 51.3 Å². The van der Waals surface area contributed by atoms with Crippen molar-refractivity contribution in [2.24, 2.45) is 10.7 Å². The number of likely N-dealkylation sites (tertiary alicyclic amines) is 1. The highest BCUT2D eigenvalue weighted by molar-refractivity contribution is 5.84. The number of piperidine rings is 1. The standard InChI is InChI=1S/C23H23N7O3/c1-2-3-11-29-20-17(26-23(29)28-10-6-7-15(24)13-28)12-25-30(22(20)32)14-19-27-21(31)16-8-4-5-9-18(16)33-19/h4-5,8-9,12,15H,6-7,10-11,13-14,24H2,1H3/p+1. The maximum Gasteiger partial charge on any atom is 0.331 e. The summed E-state index contributed by atoms with van der Waals surface area (Å²) in [6.07, 6.45) is 3.50. The summed E-state index contributed by atoms with van der Waals surface area (Å²) in [6, 6.07) is 6.94. The molecular formula is C23H24N7O3+. The summed E-state index contributed by atoms with van der Waals surface area (Å²) in [5, 5.41) is 4.66. The lowest BCUT2D eigenvalue weighted by Gasteiger charge is -2.32. The summed E-state index contributed by atoms with van der Waals surface area (Å²) in [4.78, 5) is 37.4. The first-order valence-corrected chi connectivity index (χ1v) is 10.9. The molecule has 2 aromatic heterocycles. The number of aliphatic imine (C=N–C) groups is 1. The summed E-state index contributed by atoms with van der Waals surface area (Å²) in [6.45, 7) is 3.61. The van der Waals surface area contributed by atoms with Gasteiger partial charge in [0.05, 0.1) is 11.6 Å². The molecule has 2 aliphatic rings. The zero-order valence-corrected chi connectivity index (χ0v) is 18.2. The summed E-state index contributed by atoms with van der Waals surface area (Å²) in [5.74, 6) is 6.83. The molecule has 3 N–H and O–H groups in total. The van der Waals surface area contributed by atoms with Gasteiger partial charge >= 0.3 is 11.5 Å². The normalized spacial score (nSPS) is 19.7. The van der Waals surface area contributed by atoms with Crippen LogP contribution in [0.15, 0.2) is 49.5 Å². The van der Waals surface area contributed by atoms with E-state index in [-0.39, 0.29) is 24.0 Å². The molecular weight excluding hydrogens is 422 g/mol. The maximum atomic E-state index is 13.4. The minimum atomic E-state index is -0.404. The van der Waals surface area contributed by atoms with Crippen LogP contribution in [-0.2, 0) is 6.54 Å². The number of hydrogen-bond acceptors (Lipinski definition) is 8. The van der Waals surface area contributed by atoms with E-state index >= 15 is 0 Å². The molecule has 0 amide bonds. The predicted octanol–water partition coefficient (Wildman–Crippen LogP) is -0.243. The van der Waals surface area contributed by atoms with Gasteiger partial charge in [0.2, 0.25) is 11.6 Å². The summed E-state index contributed by atoms with van der Waals surface area (Å²) < 4.78 is 7.00. The number of para-hydroxylation sites is 1. The van der Waals surface area contributed by atoms with Crippen LogP contribution in [0, 0.1) is 11.8 Å². The van der Waals surface area contributed by atoms with Crippen LogP contribution in [0.3, 0.4) is 0 Å². The van der Waals surface area contributed by atoms with Gasteiger partial charge in [0.1, 0.15) is 12.1 Å². The number of fused-ring (bicyclic) bond motifs is 2. The Labute approximate surface area is 189 Å². The second-order valence-corrected chi connectivity index (χ2v) is 8.14. The molecule has 2 atom stereocenters. The fraction of sp³-hybridized carbons (Fsp3) is 0.348. The van der Waals surface area contributed by atoms with Gasteiger partial charge in [-0.05, 0) is 37.8 Å². The van der Waals surface area contributed by atoms with Crippen molar-refractivity contribution in [2.75, 3.05) is 19.6 Å². The van der Waals surface area contributed by atoms with Crippen molar-refractivity contribution in [1.82, 2.24) is 19.7 Å². The van der Waals surface area contributed by atoms with E-state index in [2.05, 4.69) is 26.8 Å². The molecule has 0 spiro atoms. The molecule has 0 radical (unpaired) electrons. The Balaban J connectivity index is 1.51. The number of nitrogens with two attached hydrogens (primary N) is 1. The Morgan fingerprint density at radius 1 is 1.30 bits per heavy atom. The van der Waals surface area contributed by atoms with Crippen LogP contribution in [0.1, 0.15) is 25.7 Å². The lowest BCUT2D eigenvalue weighted by Crippen LogP contribution is -3.12. The van der Waals surface area contributed by atoms with Crippen LogP contribution in [0.5, 0.6) is 0 Å². The summed E-state index contributed by atoms with van der Waals surface area (Å²) >= 11 is 0. The molecule has 10 nitrogen and oxygen atoms in total. The number of benzene rings is 1. The van der Waals surface area contributed by atoms with E-state index in [9.17, 15) is 9.59 Å². The highest BCUT2D eigenvalue weighted by Crippen LogP contribution is 2.22. The molecule has 1 saturated heterocycles. The van der Waals surface area contributed by atoms with Crippen molar-refractivity contribution >= 4 is 28.3 Å². The summed E-state index contributed by atoms with van der Waals surface area (Å²) in [7, 11) is 0. The zero-order valence-electron chi connectivity index (χ0n) is 18.2. The molecule has 4 heterocycles. The van der Waals surface area contributed by atoms with E-state index in [1.54, 1.807) is 37.4 Å². The molecule has 0 bridgehead atoms. The first-order chi connectivity index (χ1) is 16.0. The number of nitrogens with zero attached hydrogens (tertiary/aromatic N) is 5. The maximum absolute atomic E-state index is 13.4. The lowest BCUT2D eigenvalue weighted by atomic mass is 10.1. The first kappa shape index (κ1) is 21.1. The van der Waals surface area contributed by atoms with Gasteiger partial charge < -0.3 is 15.1 Å². The van der Waals surface area contributed by atoms with Gasteiger partial charge in [-0.3, -0.25) is 9.59 Å². The first-order valence-electron chi connectivity index (χ1n) is 10.9. The molecule has 5 rings (SSSR count). The molecule has 3 aromatic rings. The van der Waals surface area contributed by atoms with Crippen LogP contribution < -0.4 is 21.8 Å². The highest BCUT2D eigenvalue weighted by atomic mass is 16.3. The Hall–Kier alpha value is -3.81. The minimum Gasteiger partial charge on any atom is -0.440 e. The van der Waals surface area contributed by atoms with Crippen molar-refractivity contribution in [2.45, 2.75) is 32.4 Å². The minimum absolute atomic E-state index is 0.0666. The van der Waals surface area contributed by atoms with E-state index in [1.807, 2.05) is 0 Å². The Bertz CT molecular complexity index is 1430. The van der Waals surface area contributed by atoms with E-state index in [0.29, 0.717) is 35.4 Å². The van der Waals surface area contributed by atoms with Crippen molar-refractivity contribution in [1.29, 1.82) is 0 Å². The number of hydrogen-bond donors (Lipinski definition) is 2. The van der Waals surface area contributed by atoms with E-state index in [4.69, 9.17) is 15.1 Å². The molecule has 2 unspecified atom stereocenters. The second kappa shape index (κ2) is 8.61. The fourth-order valence-electron chi connectivity index (χ4n) is 4.31. The number of quaternary nitrogens is 1. The van der Waals surface area contributed by atoms with Gasteiger partial charge in [0, 0.05) is 19.1 Å². The number of rotatable bonds is 3. The van der Waals surface area contributed by atoms with Crippen LogP contribution >= 0.6 is 0 Å². The van der Waals surface area contributed by atoms with Crippen molar-refractivity contribution in [3.63, 3.8) is 0 Å². The Kier molecular flexibility index (Phi) is 5.50. The molecule has 1 aromatic carbocycles. The van der Waals surface area contributed by atoms with Crippen molar-refractivity contribution in [3.05, 3.63) is 57.1 Å². The summed E-state index contributed by atoms with van der Waals surface area (Å²) in [5.41, 5.74) is 6.87. The molecule has 2 aliphatic heterocycles. The molecule has 33 heavy (non-hydrogen) atoms. The third kappa shape index (κ3) is 3.92. The topological polar surface area (TPSA) is 124 Å². The average Bonchev–Trinajstić information content (AvgIpc) is 3.19. The Morgan fingerprint density at radius 3 is 2.97 bits per heavy atom. The quantitative estimate of drug-likeness (QED) is 0.532. The smallest absolute Gasteiger partial charge is 0.331 e. The SMILES string of the molecule is CC#CC[NH+]1C(N2CCCC(N)C2)=Nc2cnn(Cc3nc(=O)c4ccccc4o3)c(=O)c21. The molecule has 168 valence electrons. The molecule has 10 heteroatoms. The largest absolute Gasteiger partial charge is 0.440 e. The van der Waals surface area contributed by atoms with Gasteiger partial charge in [-0.15, -0.1) is 5.92 Å². The second-order valence-electron chi connectivity index (χ2n) is 8.14. The van der Waals surface area contributed by atoms with Gasteiger partial charge in [-0.1, -0.05) is 12.1 Å². The molecule has 0 saturated carbocycles. The third-order valence-electron chi connectivity index (χ3n) is 5.88. The highest BCUT2D eigenvalue weighted by Gasteiger charge is 2.38. The number of guanidine groups is 1. The zero-order chi connectivity index (χ0) is 22.9. The molecule has 1 fully saturated rings. The van der Waals surface area contributed by atoms with Gasteiger partial charge in [-0.2, -0.15) is 15.1 Å². The Morgan fingerprint density at radius 2 is 2.15 bits per heavy atom. The number of nitrogens with one attached hydrogen (secondary N) is 1. The van der Waals surface area contributed by atoms with Gasteiger partial charge in [0.15, 0.2) is 12.2 Å². The monoisotopic (exact) mass is 446 g/mol. The van der Waals surface area contributed by atoms with Gasteiger partial charge in [-0.25, -0.2) is 9.58 Å². The van der Waals surface area contributed by atoms with E-state index in [1.165, 1.54) is 4.68 Å². The fourth-order valence-corrected chi connectivity index (χ4v) is 4.31. The van der Waals surface area contributed by atoms with Gasteiger partial charge in [0.25, 0.3) is 5.56 Å². The molecule has 0 aliphatic carbocycles. The van der Waals surface area contributed by atoms with Crippen LogP contribution in [0.4, 0.5) is 11.4 Å². The van der Waals surface area contributed by atoms with E-state index < -0.39 is 5.56 Å². The third-order valence-corrected chi connectivity index (χ3v) is 5.88. The van der Waals surface area contributed by atoms with Crippen LogP contribution in [0.2, 0.25) is 0 Å². The number of aromatic nitrogens is 3. The van der Waals surface area contributed by atoms with Crippen molar-refractivity contribution < 1.29 is 9.32 Å². The van der Waals surface area contributed by atoms with Crippen LogP contribution in [0.25, 0.3) is 11.0 Å².